The maximum Gasteiger partial charge on any atom is 0.427 e. The summed E-state index contributed by atoms with van der Waals surface area (Å²) < 4.78 is 113. The van der Waals surface area contributed by atoms with Crippen LogP contribution >= 0.6 is 22.9 Å². The number of halogens is 8. The number of hydrogen-bond acceptors (Lipinski definition) is 6. The SMILES string of the molecule is C=S(=O)(c1ccc(Cl)nc1)N(CC(F)(F)F)[C@H]1CCC2=Cc3c(cnn3-c3ccc(F)cc3)C[C@]2(C(=O)c2ncc(C(F)(F)F)s2)C1. The van der Waals surface area contributed by atoms with E-state index < -0.39 is 61.5 Å². The summed E-state index contributed by atoms with van der Waals surface area (Å²) in [5.41, 5.74) is 0.319. The summed E-state index contributed by atoms with van der Waals surface area (Å²) in [5, 5.41) is 3.95. The molecule has 0 N–H and O–H groups in total. The minimum absolute atomic E-state index is 0.0101. The molecule has 1 fully saturated rings. The van der Waals surface area contributed by atoms with Gasteiger partial charge in [-0.05, 0) is 79.6 Å². The lowest BCUT2D eigenvalue weighted by Gasteiger charge is -2.47. The highest BCUT2D eigenvalue weighted by atomic mass is 35.5. The molecule has 7 nitrogen and oxygen atoms in total. The molecule has 248 valence electrons. The lowest BCUT2D eigenvalue weighted by atomic mass is 9.61. The molecule has 0 amide bonds. The van der Waals surface area contributed by atoms with E-state index in [1.165, 1.54) is 47.3 Å². The molecule has 6 rings (SSSR count). The average molecular weight is 718 g/mol. The first-order valence-electron chi connectivity index (χ1n) is 13.9. The summed E-state index contributed by atoms with van der Waals surface area (Å²) in [6, 6.07) is 6.82. The van der Waals surface area contributed by atoms with Crippen molar-refractivity contribution >= 4 is 50.4 Å². The molecule has 47 heavy (non-hydrogen) atoms. The van der Waals surface area contributed by atoms with Crippen LogP contribution < -0.4 is 0 Å². The van der Waals surface area contributed by atoms with E-state index in [4.69, 9.17) is 11.6 Å². The summed E-state index contributed by atoms with van der Waals surface area (Å²) in [7, 11) is -3.86. The number of hydrogen-bond donors (Lipinski definition) is 0. The fourth-order valence-electron chi connectivity index (χ4n) is 6.17. The van der Waals surface area contributed by atoms with E-state index in [9.17, 15) is 39.7 Å². The lowest BCUT2D eigenvalue weighted by Crippen LogP contribution is -2.52. The number of alkyl halides is 6. The monoisotopic (exact) mass is 717 g/mol. The Morgan fingerprint density at radius 1 is 1.09 bits per heavy atom. The van der Waals surface area contributed by atoms with Gasteiger partial charge in [-0.1, -0.05) is 17.2 Å². The first kappa shape index (κ1) is 33.3. The van der Waals surface area contributed by atoms with Crippen LogP contribution in [0.4, 0.5) is 30.7 Å². The fraction of sp³-hybridized carbons (Fsp3) is 0.300. The van der Waals surface area contributed by atoms with E-state index in [0.717, 1.165) is 6.20 Å². The van der Waals surface area contributed by atoms with Crippen LogP contribution in [0.2, 0.25) is 5.15 Å². The standard InChI is InChI=1S/C30H23ClF7N5O2S2/c1-47(45,22-8-9-25(31)39-14-22)42(16-29(33,34)35)21-5-2-18-10-23-17(13-41-43(23)20-6-3-19(32)4-7-20)11-28(18,12-21)26(44)27-40-15-24(46-27)30(36,37)38/h3-4,6-10,13-15,21H,1-2,5,11-12,16H2/t21-,28-,47?/m0/s1. The van der Waals surface area contributed by atoms with Gasteiger partial charge in [0.15, 0.2) is 5.01 Å². The summed E-state index contributed by atoms with van der Waals surface area (Å²) in [5.74, 6) is 2.39. The molecule has 4 aromatic rings. The van der Waals surface area contributed by atoms with Crippen molar-refractivity contribution in [1.82, 2.24) is 24.1 Å². The highest BCUT2D eigenvalue weighted by Crippen LogP contribution is 2.52. The van der Waals surface area contributed by atoms with Crippen LogP contribution in [0.1, 0.15) is 45.2 Å². The first-order chi connectivity index (χ1) is 22.0. The Hall–Kier alpha value is -3.60. The molecule has 3 heterocycles. The normalized spacial score (nSPS) is 21.1. The van der Waals surface area contributed by atoms with Crippen LogP contribution in [0.3, 0.4) is 0 Å². The third kappa shape index (κ3) is 6.35. The minimum Gasteiger partial charge on any atom is -0.290 e. The second-order valence-electron chi connectivity index (χ2n) is 11.3. The predicted octanol–water partition coefficient (Wildman–Crippen LogP) is 7.45. The molecule has 0 aliphatic heterocycles. The highest BCUT2D eigenvalue weighted by molar-refractivity contribution is 7.98. The Balaban J connectivity index is 1.46. The second-order valence-corrected chi connectivity index (χ2v) is 14.9. The van der Waals surface area contributed by atoms with Crippen LogP contribution in [0.15, 0.2) is 65.5 Å². The number of thiazole rings is 1. The van der Waals surface area contributed by atoms with Gasteiger partial charge in [0.1, 0.15) is 22.4 Å². The number of ketones is 1. The van der Waals surface area contributed by atoms with E-state index in [-0.39, 0.29) is 47.1 Å². The van der Waals surface area contributed by atoms with Gasteiger partial charge < -0.3 is 0 Å². The number of Topliss-reactive ketones (excluding diaryl/α,β-unsaturated/α-hetero) is 1. The molecule has 1 saturated carbocycles. The molecule has 0 spiro atoms. The van der Waals surface area contributed by atoms with Gasteiger partial charge in [0.05, 0.1) is 43.8 Å². The van der Waals surface area contributed by atoms with Crippen molar-refractivity contribution in [2.24, 2.45) is 5.41 Å². The molecule has 0 bridgehead atoms. The molecule has 0 radical (unpaired) electrons. The summed E-state index contributed by atoms with van der Waals surface area (Å²) in [6.45, 7) is -1.64. The number of carbonyl (C=O) groups is 1. The summed E-state index contributed by atoms with van der Waals surface area (Å²) >= 11 is 5.99. The number of aromatic nitrogens is 4. The van der Waals surface area contributed by atoms with Gasteiger partial charge in [-0.3, -0.25) is 4.79 Å². The molecule has 1 unspecified atom stereocenters. The van der Waals surface area contributed by atoms with Crippen molar-refractivity contribution < 1.29 is 39.7 Å². The second kappa shape index (κ2) is 11.8. The third-order valence-corrected chi connectivity index (χ3v) is 11.7. The van der Waals surface area contributed by atoms with Gasteiger partial charge in [0, 0.05) is 12.2 Å². The summed E-state index contributed by atoms with van der Waals surface area (Å²) in [6.07, 6.45) is -5.30. The maximum absolute atomic E-state index is 14.3. The van der Waals surface area contributed by atoms with Crippen molar-refractivity contribution in [2.75, 3.05) is 6.54 Å². The number of allylic oxidation sites excluding steroid dienone is 1. The molecule has 2 aliphatic carbocycles. The van der Waals surface area contributed by atoms with Crippen molar-refractivity contribution in [1.29, 1.82) is 0 Å². The van der Waals surface area contributed by atoms with Gasteiger partial charge in [0.2, 0.25) is 5.78 Å². The van der Waals surface area contributed by atoms with Crippen LogP contribution in [0, 0.1) is 11.2 Å². The lowest BCUT2D eigenvalue weighted by molar-refractivity contribution is -0.140. The minimum atomic E-state index is -4.83. The smallest absolute Gasteiger partial charge is 0.290 e. The molecular weight excluding hydrogens is 695 g/mol. The molecule has 3 atom stereocenters. The Morgan fingerprint density at radius 2 is 1.81 bits per heavy atom. The molecule has 1 aromatic carbocycles. The zero-order valence-corrected chi connectivity index (χ0v) is 26.4. The van der Waals surface area contributed by atoms with Gasteiger partial charge in [0.25, 0.3) is 0 Å². The zero-order valence-electron chi connectivity index (χ0n) is 24.0. The number of nitrogens with zero attached hydrogens (tertiary/aromatic N) is 5. The van der Waals surface area contributed by atoms with Crippen LogP contribution in [-0.4, -0.2) is 58.7 Å². The Kier molecular flexibility index (Phi) is 8.38. The highest BCUT2D eigenvalue weighted by Gasteiger charge is 2.53. The largest absolute Gasteiger partial charge is 0.427 e. The molecule has 2 aliphatic rings. The number of carbonyl (C=O) groups excluding carboxylic acids is 1. The van der Waals surface area contributed by atoms with Crippen LogP contribution in [0.5, 0.6) is 0 Å². The fourth-order valence-corrected chi connectivity index (χ4v) is 8.89. The maximum atomic E-state index is 14.3. The van der Waals surface area contributed by atoms with Gasteiger partial charge >= 0.3 is 12.4 Å². The third-order valence-electron chi connectivity index (χ3n) is 8.31. The van der Waals surface area contributed by atoms with Crippen molar-refractivity contribution in [3.8, 4) is 5.69 Å². The molecule has 0 saturated heterocycles. The predicted molar refractivity (Wildman–Crippen MR) is 162 cm³/mol. The topological polar surface area (TPSA) is 81.0 Å². The summed E-state index contributed by atoms with van der Waals surface area (Å²) in [4.78, 5) is 20.7. The number of benzene rings is 1. The van der Waals surface area contributed by atoms with Crippen LogP contribution in [0.25, 0.3) is 11.8 Å². The number of rotatable bonds is 7. The Morgan fingerprint density at radius 3 is 2.43 bits per heavy atom. The van der Waals surface area contributed by atoms with E-state index in [1.807, 2.05) is 0 Å². The average Bonchev–Trinajstić information content (AvgIpc) is 3.66. The van der Waals surface area contributed by atoms with E-state index in [2.05, 4.69) is 20.9 Å². The quantitative estimate of drug-likeness (QED) is 0.0859. The van der Waals surface area contributed by atoms with Gasteiger partial charge in [-0.2, -0.15) is 31.4 Å². The van der Waals surface area contributed by atoms with Crippen molar-refractivity contribution in [3.63, 3.8) is 0 Å². The number of fused-ring (bicyclic) bond motifs is 2. The Bertz CT molecular complexity index is 1970. The van der Waals surface area contributed by atoms with Crippen molar-refractivity contribution in [3.05, 3.63) is 92.7 Å². The Labute approximate surface area is 272 Å². The molecule has 17 heteroatoms. The van der Waals surface area contributed by atoms with Crippen LogP contribution in [-0.2, 0) is 22.3 Å². The number of pyridine rings is 1. The van der Waals surface area contributed by atoms with E-state index in [0.29, 0.717) is 33.0 Å². The van der Waals surface area contributed by atoms with Gasteiger partial charge in [-0.15, -0.1) is 11.3 Å². The molecular formula is C30H23ClF7N5O2S2. The first-order valence-corrected chi connectivity index (χ1v) is 16.8. The van der Waals surface area contributed by atoms with E-state index >= 15 is 0 Å². The molecule has 3 aromatic heterocycles. The zero-order chi connectivity index (χ0) is 33.9. The van der Waals surface area contributed by atoms with Gasteiger partial charge in [-0.25, -0.2) is 27.6 Å². The van der Waals surface area contributed by atoms with E-state index in [1.54, 1.807) is 6.08 Å². The van der Waals surface area contributed by atoms with Crippen molar-refractivity contribution in [2.45, 2.75) is 49.0 Å².